The summed E-state index contributed by atoms with van der Waals surface area (Å²) in [4.78, 5) is 17.8. The first-order valence-corrected chi connectivity index (χ1v) is 4.21. The van der Waals surface area contributed by atoms with E-state index in [-0.39, 0.29) is 16.9 Å². The minimum Gasteiger partial charge on any atom is -0.395 e. The van der Waals surface area contributed by atoms with E-state index in [1.807, 2.05) is 0 Å². The third kappa shape index (κ3) is 3.22. The zero-order valence-corrected chi connectivity index (χ0v) is 8.36. The summed E-state index contributed by atoms with van der Waals surface area (Å²) in [6.45, 7) is 0. The second kappa shape index (κ2) is 4.45. The molecule has 0 spiro atoms. The number of hydrogen-bond acceptors (Lipinski definition) is 5. The van der Waals surface area contributed by atoms with E-state index in [1.54, 1.807) is 0 Å². The van der Waals surface area contributed by atoms with Gasteiger partial charge in [-0.1, -0.05) is 23.8 Å². The third-order valence-corrected chi connectivity index (χ3v) is 1.46. The Hall–Kier alpha value is -0.780. The van der Waals surface area contributed by atoms with Gasteiger partial charge in [0.2, 0.25) is 5.88 Å². The molecule has 0 bridgehead atoms. The summed E-state index contributed by atoms with van der Waals surface area (Å²) in [6.07, 6.45) is 0. The van der Waals surface area contributed by atoms with Gasteiger partial charge in [0.15, 0.2) is 5.82 Å². The number of nitrogens with zero attached hydrogens (tertiary/aromatic N) is 2. The van der Waals surface area contributed by atoms with Crippen molar-refractivity contribution in [2.75, 3.05) is 0 Å². The van der Waals surface area contributed by atoms with Gasteiger partial charge in [-0.15, -0.1) is 0 Å². The standard InChI is InChI=1S/C6H2Cl2N2O2S/c7-3-1-5(12-6(8)11)10-4(2-13)9-3/h1-2H. The van der Waals surface area contributed by atoms with E-state index in [0.29, 0.717) is 0 Å². The van der Waals surface area contributed by atoms with E-state index in [2.05, 4.69) is 26.9 Å². The van der Waals surface area contributed by atoms with E-state index >= 15 is 0 Å². The quantitative estimate of drug-likeness (QED) is 0.448. The van der Waals surface area contributed by atoms with Crippen LogP contribution in [0.1, 0.15) is 5.82 Å². The van der Waals surface area contributed by atoms with Crippen LogP contribution in [0, 0.1) is 0 Å². The summed E-state index contributed by atoms with van der Waals surface area (Å²) in [7, 11) is 0. The van der Waals surface area contributed by atoms with Crippen molar-refractivity contribution in [3.63, 3.8) is 0 Å². The van der Waals surface area contributed by atoms with Gasteiger partial charge in [0.25, 0.3) is 0 Å². The van der Waals surface area contributed by atoms with Gasteiger partial charge < -0.3 is 4.74 Å². The molecular formula is C6H2Cl2N2O2S. The highest BCUT2D eigenvalue weighted by molar-refractivity contribution is 7.79. The molecule has 7 heteroatoms. The minimum absolute atomic E-state index is 0.0314. The molecule has 1 rings (SSSR count). The number of aromatic nitrogens is 2. The number of ether oxygens (including phenoxy) is 1. The molecule has 13 heavy (non-hydrogen) atoms. The molecule has 0 aliphatic heterocycles. The Morgan fingerprint density at radius 2 is 2.31 bits per heavy atom. The number of rotatable bonds is 2. The Labute approximate surface area is 88.8 Å². The van der Waals surface area contributed by atoms with Crippen LogP contribution in [0.2, 0.25) is 5.15 Å². The number of carbonyl (C=O) groups is 1. The Balaban J connectivity index is 3.01. The molecular weight excluding hydrogens is 235 g/mol. The Bertz CT molecular complexity index is 358. The monoisotopic (exact) mass is 236 g/mol. The maximum Gasteiger partial charge on any atom is 0.410 e. The van der Waals surface area contributed by atoms with Gasteiger partial charge in [-0.25, -0.2) is 9.78 Å². The molecule has 0 aliphatic rings. The Morgan fingerprint density at radius 3 is 2.85 bits per heavy atom. The molecule has 0 aliphatic carbocycles. The molecule has 0 amide bonds. The largest absolute Gasteiger partial charge is 0.410 e. The lowest BCUT2D eigenvalue weighted by Crippen LogP contribution is -2.01. The highest BCUT2D eigenvalue weighted by Crippen LogP contribution is 2.13. The molecule has 0 saturated carbocycles. The minimum atomic E-state index is -0.995. The number of halogens is 2. The zero-order valence-electron chi connectivity index (χ0n) is 6.03. The average Bonchev–Trinajstić information content (AvgIpc) is 2.01. The van der Waals surface area contributed by atoms with E-state index in [1.165, 1.54) is 11.4 Å². The van der Waals surface area contributed by atoms with Crippen LogP contribution in [-0.4, -0.2) is 20.8 Å². The van der Waals surface area contributed by atoms with Crippen LogP contribution in [0.15, 0.2) is 6.07 Å². The van der Waals surface area contributed by atoms with Crippen LogP contribution in [0.25, 0.3) is 0 Å². The second-order valence-corrected chi connectivity index (χ2v) is 2.78. The van der Waals surface area contributed by atoms with Crippen LogP contribution in [0.3, 0.4) is 0 Å². The van der Waals surface area contributed by atoms with Crippen LogP contribution >= 0.6 is 35.4 Å². The first-order valence-electron chi connectivity index (χ1n) is 2.99. The lowest BCUT2D eigenvalue weighted by atomic mass is 10.6. The number of thiocarbonyl (C=S) groups is 1. The fourth-order valence-corrected chi connectivity index (χ4v) is 0.965. The Morgan fingerprint density at radius 1 is 1.62 bits per heavy atom. The van der Waals surface area contributed by atoms with Crippen LogP contribution in [-0.2, 0) is 0 Å². The SMILES string of the molecule is O=C(Cl)Oc1cc(Cl)nc(C=S)n1. The summed E-state index contributed by atoms with van der Waals surface area (Å²) < 4.78 is 4.46. The van der Waals surface area contributed by atoms with Gasteiger partial charge in [-0.2, -0.15) is 4.98 Å². The van der Waals surface area contributed by atoms with E-state index in [0.717, 1.165) is 0 Å². The van der Waals surface area contributed by atoms with Crippen molar-refractivity contribution in [2.45, 2.75) is 0 Å². The van der Waals surface area contributed by atoms with Crippen LogP contribution in [0.4, 0.5) is 4.79 Å². The predicted octanol–water partition coefficient (Wildman–Crippen LogP) is 2.22. The smallest absolute Gasteiger partial charge is 0.395 e. The molecule has 1 aromatic rings. The summed E-state index contributed by atoms with van der Waals surface area (Å²) in [5.74, 6) is 0.159. The normalized spacial score (nSPS) is 9.38. The van der Waals surface area contributed by atoms with E-state index in [9.17, 15) is 4.79 Å². The van der Waals surface area contributed by atoms with Crippen molar-refractivity contribution in [3.05, 3.63) is 17.0 Å². The average molecular weight is 237 g/mol. The predicted molar refractivity (Wildman–Crippen MR) is 51.7 cm³/mol. The molecule has 0 aromatic carbocycles. The van der Waals surface area contributed by atoms with E-state index < -0.39 is 5.43 Å². The Kier molecular flexibility index (Phi) is 3.53. The van der Waals surface area contributed by atoms with Crippen molar-refractivity contribution in [1.29, 1.82) is 0 Å². The first kappa shape index (κ1) is 10.3. The van der Waals surface area contributed by atoms with Gasteiger partial charge in [0, 0.05) is 23.0 Å². The first-order chi connectivity index (χ1) is 6.11. The van der Waals surface area contributed by atoms with Gasteiger partial charge in [-0.05, 0) is 0 Å². The third-order valence-electron chi connectivity index (χ3n) is 0.979. The van der Waals surface area contributed by atoms with Crippen LogP contribution in [0.5, 0.6) is 5.88 Å². The van der Waals surface area contributed by atoms with Crippen molar-refractivity contribution in [3.8, 4) is 5.88 Å². The summed E-state index contributed by atoms with van der Waals surface area (Å²) in [6, 6.07) is 1.25. The maximum absolute atomic E-state index is 10.3. The van der Waals surface area contributed by atoms with Crippen molar-refractivity contribution in [1.82, 2.24) is 9.97 Å². The number of hydrogen-bond donors (Lipinski definition) is 0. The highest BCUT2D eigenvalue weighted by atomic mass is 35.5. The lowest BCUT2D eigenvalue weighted by Gasteiger charge is -1.99. The maximum atomic E-state index is 10.3. The molecule has 0 N–H and O–H groups in total. The van der Waals surface area contributed by atoms with Crippen molar-refractivity contribution < 1.29 is 9.53 Å². The molecule has 0 fully saturated rings. The van der Waals surface area contributed by atoms with Gasteiger partial charge in [0.1, 0.15) is 5.15 Å². The molecule has 0 unspecified atom stereocenters. The fraction of sp³-hybridized carbons (Fsp3) is 0. The van der Waals surface area contributed by atoms with Crippen molar-refractivity contribution >= 4 is 46.2 Å². The molecule has 68 valence electrons. The molecule has 0 atom stereocenters. The van der Waals surface area contributed by atoms with Crippen LogP contribution < -0.4 is 4.74 Å². The molecule has 0 saturated heterocycles. The molecule has 4 nitrogen and oxygen atoms in total. The van der Waals surface area contributed by atoms with Crippen molar-refractivity contribution in [2.24, 2.45) is 0 Å². The summed E-state index contributed by atoms with van der Waals surface area (Å²) >= 11 is 15.1. The summed E-state index contributed by atoms with van der Waals surface area (Å²) in [5.41, 5.74) is -0.995. The second-order valence-electron chi connectivity index (χ2n) is 1.84. The zero-order chi connectivity index (χ0) is 9.84. The molecule has 1 heterocycles. The number of carbonyl (C=O) groups excluding carboxylic acids is 1. The highest BCUT2D eigenvalue weighted by Gasteiger charge is 2.05. The molecule has 0 radical (unpaired) electrons. The van der Waals surface area contributed by atoms with E-state index in [4.69, 9.17) is 23.2 Å². The molecule has 1 aromatic heterocycles. The lowest BCUT2D eigenvalue weighted by molar-refractivity contribution is 0.224. The summed E-state index contributed by atoms with van der Waals surface area (Å²) in [5, 5.41) is 1.33. The topological polar surface area (TPSA) is 52.1 Å². The van der Waals surface area contributed by atoms with Gasteiger partial charge >= 0.3 is 5.43 Å². The fourth-order valence-electron chi connectivity index (χ4n) is 0.601. The van der Waals surface area contributed by atoms with Gasteiger partial charge in [0.05, 0.1) is 0 Å². The van der Waals surface area contributed by atoms with Gasteiger partial charge in [-0.3, -0.25) is 0 Å².